The Hall–Kier alpha value is -1.22. The van der Waals surface area contributed by atoms with Gasteiger partial charge in [0.2, 0.25) is 0 Å². The maximum atomic E-state index is 11.1. The van der Waals surface area contributed by atoms with Gasteiger partial charge in [-0.3, -0.25) is 4.79 Å². The standard InChI is InChI=1S/C12H17NO2.ClH/c1-3-15-12(14)7-5-10-4-6-11(13)9(2)8-10;/h4,6,8H,3,5,7,13H2,1-2H3;1H. The summed E-state index contributed by atoms with van der Waals surface area (Å²) in [5.41, 5.74) is 8.66. The van der Waals surface area contributed by atoms with Gasteiger partial charge >= 0.3 is 5.97 Å². The number of halogens is 1. The molecular formula is C12H18ClNO2. The molecule has 4 heteroatoms. The molecule has 0 bridgehead atoms. The predicted octanol–water partition coefficient (Wildman–Crippen LogP) is 2.49. The van der Waals surface area contributed by atoms with E-state index in [0.717, 1.165) is 16.8 Å². The quantitative estimate of drug-likeness (QED) is 0.653. The highest BCUT2D eigenvalue weighted by molar-refractivity contribution is 5.85. The Morgan fingerprint density at radius 3 is 2.69 bits per heavy atom. The van der Waals surface area contributed by atoms with Crippen LogP contribution in [0.2, 0.25) is 0 Å². The Kier molecular flexibility index (Phi) is 6.58. The lowest BCUT2D eigenvalue weighted by molar-refractivity contribution is -0.143. The second kappa shape index (κ2) is 7.12. The van der Waals surface area contributed by atoms with Crippen LogP contribution in [0.4, 0.5) is 5.69 Å². The Labute approximate surface area is 102 Å². The van der Waals surface area contributed by atoms with E-state index >= 15 is 0 Å². The number of ether oxygens (including phenoxy) is 1. The van der Waals surface area contributed by atoms with E-state index in [1.54, 1.807) is 0 Å². The summed E-state index contributed by atoms with van der Waals surface area (Å²) in [7, 11) is 0. The monoisotopic (exact) mass is 243 g/mol. The lowest BCUT2D eigenvalue weighted by Gasteiger charge is -2.05. The van der Waals surface area contributed by atoms with Gasteiger partial charge in [0.15, 0.2) is 0 Å². The summed E-state index contributed by atoms with van der Waals surface area (Å²) in [6, 6.07) is 5.83. The lowest BCUT2D eigenvalue weighted by Crippen LogP contribution is -2.05. The molecule has 1 rings (SSSR count). The number of aryl methyl sites for hydroxylation is 2. The van der Waals surface area contributed by atoms with Crippen molar-refractivity contribution in [2.45, 2.75) is 26.7 Å². The average Bonchev–Trinajstić information content (AvgIpc) is 2.20. The van der Waals surface area contributed by atoms with Crippen LogP contribution in [0.25, 0.3) is 0 Å². The smallest absolute Gasteiger partial charge is 0.306 e. The van der Waals surface area contributed by atoms with Gasteiger partial charge in [0.1, 0.15) is 0 Å². The maximum absolute atomic E-state index is 11.1. The largest absolute Gasteiger partial charge is 0.466 e. The molecule has 2 N–H and O–H groups in total. The summed E-state index contributed by atoms with van der Waals surface area (Å²) in [5.74, 6) is -0.146. The first-order valence-electron chi connectivity index (χ1n) is 5.14. The van der Waals surface area contributed by atoms with Crippen LogP contribution >= 0.6 is 12.4 Å². The van der Waals surface area contributed by atoms with Crippen LogP contribution in [0.3, 0.4) is 0 Å². The molecule has 90 valence electrons. The second-order valence-electron chi connectivity index (χ2n) is 3.50. The third-order valence-electron chi connectivity index (χ3n) is 2.26. The van der Waals surface area contributed by atoms with Gasteiger partial charge in [-0.2, -0.15) is 0 Å². The first-order valence-corrected chi connectivity index (χ1v) is 5.14. The lowest BCUT2D eigenvalue weighted by atomic mass is 10.1. The molecule has 16 heavy (non-hydrogen) atoms. The van der Waals surface area contributed by atoms with Crippen molar-refractivity contribution in [1.29, 1.82) is 0 Å². The number of hydrogen-bond donors (Lipinski definition) is 1. The average molecular weight is 244 g/mol. The molecule has 0 aliphatic heterocycles. The molecule has 0 aliphatic carbocycles. The SMILES string of the molecule is CCOC(=O)CCc1ccc(N)c(C)c1.Cl. The van der Waals surface area contributed by atoms with Gasteiger partial charge in [0.05, 0.1) is 6.61 Å². The van der Waals surface area contributed by atoms with Crippen LogP contribution in [-0.2, 0) is 16.0 Å². The van der Waals surface area contributed by atoms with Crippen molar-refractivity contribution in [2.24, 2.45) is 0 Å². The van der Waals surface area contributed by atoms with Gasteiger partial charge in [-0.25, -0.2) is 0 Å². The van der Waals surface area contributed by atoms with Crippen molar-refractivity contribution in [2.75, 3.05) is 12.3 Å². The topological polar surface area (TPSA) is 52.3 Å². The molecule has 0 saturated carbocycles. The third-order valence-corrected chi connectivity index (χ3v) is 2.26. The highest BCUT2D eigenvalue weighted by Gasteiger charge is 2.03. The maximum Gasteiger partial charge on any atom is 0.306 e. The van der Waals surface area contributed by atoms with Crippen LogP contribution in [0.5, 0.6) is 0 Å². The predicted molar refractivity (Wildman–Crippen MR) is 67.8 cm³/mol. The van der Waals surface area contributed by atoms with Crippen molar-refractivity contribution in [3.05, 3.63) is 29.3 Å². The number of rotatable bonds is 4. The Morgan fingerprint density at radius 1 is 1.44 bits per heavy atom. The Morgan fingerprint density at radius 2 is 2.12 bits per heavy atom. The van der Waals surface area contributed by atoms with Crippen LogP contribution < -0.4 is 5.73 Å². The normalized spacial score (nSPS) is 9.38. The van der Waals surface area contributed by atoms with Gasteiger partial charge in [-0.05, 0) is 37.5 Å². The number of carbonyl (C=O) groups excluding carboxylic acids is 1. The molecular weight excluding hydrogens is 226 g/mol. The summed E-state index contributed by atoms with van der Waals surface area (Å²) in [6.45, 7) is 4.22. The molecule has 0 atom stereocenters. The molecule has 1 aromatic rings. The number of esters is 1. The van der Waals surface area contributed by atoms with Crippen LogP contribution in [0.1, 0.15) is 24.5 Å². The van der Waals surface area contributed by atoms with E-state index in [-0.39, 0.29) is 18.4 Å². The zero-order valence-corrected chi connectivity index (χ0v) is 10.5. The third kappa shape index (κ3) is 4.53. The van der Waals surface area contributed by atoms with Gasteiger partial charge in [0, 0.05) is 12.1 Å². The van der Waals surface area contributed by atoms with Crippen molar-refractivity contribution >= 4 is 24.1 Å². The van der Waals surface area contributed by atoms with E-state index in [4.69, 9.17) is 10.5 Å². The van der Waals surface area contributed by atoms with Crippen LogP contribution in [-0.4, -0.2) is 12.6 Å². The number of carbonyl (C=O) groups is 1. The first kappa shape index (κ1) is 14.8. The zero-order valence-electron chi connectivity index (χ0n) is 9.66. The number of anilines is 1. The summed E-state index contributed by atoms with van der Waals surface area (Å²) in [4.78, 5) is 11.1. The molecule has 3 nitrogen and oxygen atoms in total. The fraction of sp³-hybridized carbons (Fsp3) is 0.417. The Bertz CT molecular complexity index is 353. The molecule has 0 saturated heterocycles. The fourth-order valence-corrected chi connectivity index (χ4v) is 1.37. The first-order chi connectivity index (χ1) is 7.13. The molecule has 0 aromatic heterocycles. The number of nitrogen functional groups attached to an aromatic ring is 1. The van der Waals surface area contributed by atoms with Gasteiger partial charge in [0.25, 0.3) is 0 Å². The van der Waals surface area contributed by atoms with E-state index < -0.39 is 0 Å². The summed E-state index contributed by atoms with van der Waals surface area (Å²) in [6.07, 6.45) is 1.14. The van der Waals surface area contributed by atoms with Crippen molar-refractivity contribution < 1.29 is 9.53 Å². The molecule has 0 fully saturated rings. The van der Waals surface area contributed by atoms with E-state index in [0.29, 0.717) is 19.4 Å². The van der Waals surface area contributed by atoms with Gasteiger partial charge in [-0.1, -0.05) is 12.1 Å². The van der Waals surface area contributed by atoms with E-state index in [1.807, 2.05) is 32.0 Å². The minimum absolute atomic E-state index is 0. The molecule has 0 aliphatic rings. The zero-order chi connectivity index (χ0) is 11.3. The van der Waals surface area contributed by atoms with Crippen LogP contribution in [0.15, 0.2) is 18.2 Å². The number of benzene rings is 1. The van der Waals surface area contributed by atoms with E-state index in [2.05, 4.69) is 0 Å². The van der Waals surface area contributed by atoms with Crippen molar-refractivity contribution in [1.82, 2.24) is 0 Å². The van der Waals surface area contributed by atoms with Gasteiger partial charge in [-0.15, -0.1) is 12.4 Å². The molecule has 0 radical (unpaired) electrons. The van der Waals surface area contributed by atoms with Gasteiger partial charge < -0.3 is 10.5 Å². The van der Waals surface area contributed by atoms with E-state index in [1.165, 1.54) is 0 Å². The number of nitrogens with two attached hydrogens (primary N) is 1. The summed E-state index contributed by atoms with van der Waals surface area (Å²) < 4.78 is 4.85. The number of hydrogen-bond acceptors (Lipinski definition) is 3. The van der Waals surface area contributed by atoms with Crippen molar-refractivity contribution in [3.63, 3.8) is 0 Å². The second-order valence-corrected chi connectivity index (χ2v) is 3.50. The molecule has 0 amide bonds. The Balaban J connectivity index is 0.00000225. The minimum atomic E-state index is -0.146. The van der Waals surface area contributed by atoms with Crippen LogP contribution in [0, 0.1) is 6.92 Å². The van der Waals surface area contributed by atoms with Crippen molar-refractivity contribution in [3.8, 4) is 0 Å². The highest BCUT2D eigenvalue weighted by Crippen LogP contribution is 2.14. The summed E-state index contributed by atoms with van der Waals surface area (Å²) in [5, 5.41) is 0. The molecule has 0 unspecified atom stereocenters. The molecule has 0 heterocycles. The minimum Gasteiger partial charge on any atom is -0.466 e. The fourth-order valence-electron chi connectivity index (χ4n) is 1.37. The van der Waals surface area contributed by atoms with E-state index in [9.17, 15) is 4.79 Å². The molecule has 1 aromatic carbocycles. The summed E-state index contributed by atoms with van der Waals surface area (Å²) >= 11 is 0. The molecule has 0 spiro atoms. The highest BCUT2D eigenvalue weighted by atomic mass is 35.5.